The molecule has 0 aliphatic heterocycles. The van der Waals surface area contributed by atoms with Crippen molar-refractivity contribution in [3.63, 3.8) is 0 Å². The second-order valence-corrected chi connectivity index (χ2v) is 6.03. The number of anilines is 1. The Morgan fingerprint density at radius 1 is 1.37 bits per heavy atom. The van der Waals surface area contributed by atoms with E-state index in [0.29, 0.717) is 11.9 Å². The third-order valence-electron chi connectivity index (χ3n) is 4.12. The van der Waals surface area contributed by atoms with Gasteiger partial charge in [0.1, 0.15) is 11.3 Å². The summed E-state index contributed by atoms with van der Waals surface area (Å²) in [6.07, 6.45) is 0. The second-order valence-electron chi connectivity index (χ2n) is 6.03. The monoisotopic (exact) mass is 261 g/mol. The number of nitrogens with zero attached hydrogens (tertiary/aromatic N) is 2. The van der Waals surface area contributed by atoms with Crippen molar-refractivity contribution in [2.75, 3.05) is 12.8 Å². The molecule has 0 saturated heterocycles. The van der Waals surface area contributed by atoms with Gasteiger partial charge in [0.2, 0.25) is 5.95 Å². The van der Waals surface area contributed by atoms with Crippen LogP contribution in [0.4, 0.5) is 5.95 Å². The molecule has 0 amide bonds. The summed E-state index contributed by atoms with van der Waals surface area (Å²) < 4.78 is 7.42. The van der Waals surface area contributed by atoms with Crippen LogP contribution in [0, 0.1) is 11.3 Å². The lowest BCUT2D eigenvalue weighted by atomic mass is 9.81. The average Bonchev–Trinajstić information content (AvgIpc) is 2.65. The van der Waals surface area contributed by atoms with Gasteiger partial charge in [-0.25, -0.2) is 4.98 Å². The van der Waals surface area contributed by atoms with Crippen molar-refractivity contribution in [1.82, 2.24) is 9.55 Å². The lowest BCUT2D eigenvalue weighted by Gasteiger charge is -2.30. The largest absolute Gasteiger partial charge is 0.494 e. The van der Waals surface area contributed by atoms with Gasteiger partial charge >= 0.3 is 0 Å². The van der Waals surface area contributed by atoms with Gasteiger partial charge in [-0.15, -0.1) is 0 Å². The van der Waals surface area contributed by atoms with E-state index in [1.165, 1.54) is 0 Å². The van der Waals surface area contributed by atoms with Gasteiger partial charge in [0.05, 0.1) is 12.6 Å². The first kappa shape index (κ1) is 13.7. The van der Waals surface area contributed by atoms with Gasteiger partial charge in [-0.2, -0.15) is 0 Å². The minimum Gasteiger partial charge on any atom is -0.494 e. The summed E-state index contributed by atoms with van der Waals surface area (Å²) in [6, 6.07) is 5.92. The molecule has 0 atom stereocenters. The maximum atomic E-state index is 6.08. The fraction of sp³-hybridized carbons (Fsp3) is 0.533. The first-order valence-corrected chi connectivity index (χ1v) is 6.65. The van der Waals surface area contributed by atoms with E-state index in [9.17, 15) is 0 Å². The topological polar surface area (TPSA) is 53.1 Å². The number of hydrogen-bond donors (Lipinski definition) is 1. The molecule has 0 unspecified atom stereocenters. The lowest BCUT2D eigenvalue weighted by molar-refractivity contribution is 0.214. The molecule has 0 fully saturated rings. The zero-order valence-corrected chi connectivity index (χ0v) is 12.4. The maximum absolute atomic E-state index is 6.08. The molecule has 1 aromatic carbocycles. The minimum absolute atomic E-state index is 0.158. The van der Waals surface area contributed by atoms with Crippen LogP contribution in [-0.4, -0.2) is 16.7 Å². The SMILES string of the molecule is COc1cccc2c1nc(N)n2CC(C)(C)C(C)C. The molecule has 2 aromatic rings. The molecule has 0 radical (unpaired) electrons. The van der Waals surface area contributed by atoms with E-state index in [4.69, 9.17) is 10.5 Å². The third kappa shape index (κ3) is 2.39. The average molecular weight is 261 g/mol. The quantitative estimate of drug-likeness (QED) is 0.918. The van der Waals surface area contributed by atoms with Crippen LogP contribution in [0.25, 0.3) is 11.0 Å². The highest BCUT2D eigenvalue weighted by Crippen LogP contribution is 2.33. The van der Waals surface area contributed by atoms with Gasteiger partial charge in [-0.05, 0) is 23.5 Å². The number of benzene rings is 1. The normalized spacial score (nSPS) is 12.3. The van der Waals surface area contributed by atoms with E-state index < -0.39 is 0 Å². The van der Waals surface area contributed by atoms with E-state index in [1.54, 1.807) is 7.11 Å². The van der Waals surface area contributed by atoms with Crippen molar-refractivity contribution in [2.45, 2.75) is 34.2 Å². The molecule has 4 nitrogen and oxygen atoms in total. The molecule has 0 spiro atoms. The van der Waals surface area contributed by atoms with Gasteiger partial charge in [0, 0.05) is 6.54 Å². The second kappa shape index (κ2) is 4.76. The Labute approximate surface area is 114 Å². The highest BCUT2D eigenvalue weighted by atomic mass is 16.5. The molecule has 1 heterocycles. The van der Waals surface area contributed by atoms with Gasteiger partial charge < -0.3 is 15.0 Å². The Kier molecular flexibility index (Phi) is 3.43. The summed E-state index contributed by atoms with van der Waals surface area (Å²) in [5.74, 6) is 1.88. The van der Waals surface area contributed by atoms with Crippen molar-refractivity contribution in [3.05, 3.63) is 18.2 Å². The molecule has 0 saturated carbocycles. The molecular weight excluding hydrogens is 238 g/mol. The number of rotatable bonds is 4. The minimum atomic E-state index is 0.158. The number of nitrogens with two attached hydrogens (primary N) is 1. The molecule has 1 aromatic heterocycles. The number of ether oxygens (including phenoxy) is 1. The number of hydrogen-bond acceptors (Lipinski definition) is 3. The first-order chi connectivity index (χ1) is 8.86. The van der Waals surface area contributed by atoms with Crippen LogP contribution >= 0.6 is 0 Å². The Hall–Kier alpha value is -1.71. The number of methoxy groups -OCH3 is 1. The standard InChI is InChI=1S/C15H23N3O/c1-10(2)15(3,4)9-18-11-7-6-8-12(19-5)13(11)17-14(18)16/h6-8,10H,9H2,1-5H3,(H2,16,17). The molecular formula is C15H23N3O. The van der Waals surface area contributed by atoms with Gasteiger partial charge in [0.25, 0.3) is 0 Å². The summed E-state index contributed by atoms with van der Waals surface area (Å²) in [7, 11) is 1.65. The highest BCUT2D eigenvalue weighted by molar-refractivity contribution is 5.84. The molecule has 0 aliphatic carbocycles. The molecule has 2 rings (SSSR count). The van der Waals surface area contributed by atoms with E-state index in [0.717, 1.165) is 23.3 Å². The van der Waals surface area contributed by atoms with Crippen molar-refractivity contribution >= 4 is 17.0 Å². The van der Waals surface area contributed by atoms with Crippen LogP contribution in [0.3, 0.4) is 0 Å². The van der Waals surface area contributed by atoms with Crippen LogP contribution in [-0.2, 0) is 6.54 Å². The zero-order chi connectivity index (χ0) is 14.2. The molecule has 0 bridgehead atoms. The zero-order valence-electron chi connectivity index (χ0n) is 12.4. The number of aromatic nitrogens is 2. The number of fused-ring (bicyclic) bond motifs is 1. The number of para-hydroxylation sites is 1. The summed E-state index contributed by atoms with van der Waals surface area (Å²) >= 11 is 0. The van der Waals surface area contributed by atoms with Crippen LogP contribution in [0.5, 0.6) is 5.75 Å². The first-order valence-electron chi connectivity index (χ1n) is 6.65. The predicted octanol–water partition coefficient (Wildman–Crippen LogP) is 3.31. The molecule has 104 valence electrons. The Balaban J connectivity index is 2.53. The Bertz CT molecular complexity index is 584. The van der Waals surface area contributed by atoms with Gasteiger partial charge in [-0.1, -0.05) is 33.8 Å². The molecule has 4 heteroatoms. The lowest BCUT2D eigenvalue weighted by Crippen LogP contribution is -2.26. The van der Waals surface area contributed by atoms with Gasteiger partial charge in [-0.3, -0.25) is 0 Å². The fourth-order valence-electron chi connectivity index (χ4n) is 2.06. The molecule has 0 aliphatic rings. The van der Waals surface area contributed by atoms with Crippen LogP contribution in [0.15, 0.2) is 18.2 Å². The van der Waals surface area contributed by atoms with Crippen molar-refractivity contribution < 1.29 is 4.74 Å². The van der Waals surface area contributed by atoms with E-state index in [-0.39, 0.29) is 5.41 Å². The number of imidazole rings is 1. The molecule has 2 N–H and O–H groups in total. The van der Waals surface area contributed by atoms with Crippen LogP contribution in [0.2, 0.25) is 0 Å². The van der Waals surface area contributed by atoms with Crippen molar-refractivity contribution in [1.29, 1.82) is 0 Å². The fourth-order valence-corrected chi connectivity index (χ4v) is 2.06. The third-order valence-corrected chi connectivity index (χ3v) is 4.12. The van der Waals surface area contributed by atoms with E-state index in [2.05, 4.69) is 37.2 Å². The maximum Gasteiger partial charge on any atom is 0.201 e. The Morgan fingerprint density at radius 3 is 2.63 bits per heavy atom. The summed E-state index contributed by atoms with van der Waals surface area (Å²) in [5, 5.41) is 0. The highest BCUT2D eigenvalue weighted by Gasteiger charge is 2.25. The van der Waals surface area contributed by atoms with Gasteiger partial charge in [0.15, 0.2) is 0 Å². The summed E-state index contributed by atoms with van der Waals surface area (Å²) in [6.45, 7) is 9.82. The number of nitrogen functional groups attached to an aromatic ring is 1. The van der Waals surface area contributed by atoms with E-state index in [1.807, 2.05) is 18.2 Å². The smallest absolute Gasteiger partial charge is 0.201 e. The molecule has 19 heavy (non-hydrogen) atoms. The summed E-state index contributed by atoms with van der Waals surface area (Å²) in [4.78, 5) is 4.44. The van der Waals surface area contributed by atoms with Crippen molar-refractivity contribution in [2.24, 2.45) is 11.3 Å². The predicted molar refractivity (Wildman–Crippen MR) is 79.3 cm³/mol. The summed E-state index contributed by atoms with van der Waals surface area (Å²) in [5.41, 5.74) is 8.11. The van der Waals surface area contributed by atoms with E-state index >= 15 is 0 Å². The van der Waals surface area contributed by atoms with Crippen molar-refractivity contribution in [3.8, 4) is 5.75 Å². The van der Waals surface area contributed by atoms with Crippen LogP contribution in [0.1, 0.15) is 27.7 Å². The van der Waals surface area contributed by atoms with Crippen LogP contribution < -0.4 is 10.5 Å². The Morgan fingerprint density at radius 2 is 2.05 bits per heavy atom.